The van der Waals surface area contributed by atoms with E-state index in [1.54, 1.807) is 33.2 Å². The molecule has 1 aromatic carbocycles. The number of rotatable bonds is 7. The van der Waals surface area contributed by atoms with Crippen LogP contribution < -0.4 is 15.4 Å². The van der Waals surface area contributed by atoms with Gasteiger partial charge in [-0.15, -0.1) is 0 Å². The molecule has 1 saturated heterocycles. The molecule has 1 saturated carbocycles. The molecule has 12 heteroatoms. The second kappa shape index (κ2) is 13.0. The Kier molecular flexibility index (Phi) is 9.62. The number of halogens is 3. The number of carbonyl (C=O) groups excluding carboxylic acids is 2. The van der Waals surface area contributed by atoms with E-state index in [2.05, 4.69) is 15.6 Å². The van der Waals surface area contributed by atoms with Gasteiger partial charge in [0.1, 0.15) is 17.5 Å². The molecule has 2 fully saturated rings. The lowest BCUT2D eigenvalue weighted by Gasteiger charge is -2.29. The molecule has 0 spiro atoms. The Morgan fingerprint density at radius 1 is 1.00 bits per heavy atom. The van der Waals surface area contributed by atoms with E-state index in [0.717, 1.165) is 30.5 Å². The summed E-state index contributed by atoms with van der Waals surface area (Å²) in [6.45, 7) is 6.39. The van der Waals surface area contributed by atoms with Crippen LogP contribution in [-0.4, -0.2) is 58.9 Å². The summed E-state index contributed by atoms with van der Waals surface area (Å²) in [5.74, 6) is 0.0948. The van der Waals surface area contributed by atoms with Crippen LogP contribution in [0.4, 0.5) is 28.4 Å². The summed E-state index contributed by atoms with van der Waals surface area (Å²) in [6.07, 6.45) is 1.30. The minimum atomic E-state index is -4.60. The van der Waals surface area contributed by atoms with Gasteiger partial charge in [-0.3, -0.25) is 4.98 Å². The zero-order chi connectivity index (χ0) is 29.6. The van der Waals surface area contributed by atoms with Gasteiger partial charge in [0.2, 0.25) is 0 Å². The fourth-order valence-corrected chi connectivity index (χ4v) is 4.81. The number of hydrogen-bond acceptors (Lipinski definition) is 6. The number of pyridine rings is 1. The van der Waals surface area contributed by atoms with Crippen LogP contribution in [0, 0.1) is 0 Å². The van der Waals surface area contributed by atoms with Crippen molar-refractivity contribution in [1.82, 2.24) is 15.2 Å². The molecule has 2 aliphatic rings. The summed E-state index contributed by atoms with van der Waals surface area (Å²) < 4.78 is 57.7. The maximum absolute atomic E-state index is 13.5. The van der Waals surface area contributed by atoms with Gasteiger partial charge in [0.25, 0.3) is 0 Å². The van der Waals surface area contributed by atoms with Crippen LogP contribution in [0.1, 0.15) is 64.0 Å². The Labute approximate surface area is 237 Å². The highest BCUT2D eigenvalue weighted by atomic mass is 19.4. The molecule has 2 N–H and O–H groups in total. The van der Waals surface area contributed by atoms with Gasteiger partial charge in [0, 0.05) is 31.4 Å². The highest BCUT2D eigenvalue weighted by Crippen LogP contribution is 2.36. The number of likely N-dealkylation sites (tertiary alicyclic amines) is 1. The molecule has 4 rings (SSSR count). The number of alkyl halides is 3. The molecule has 41 heavy (non-hydrogen) atoms. The van der Waals surface area contributed by atoms with Crippen molar-refractivity contribution in [3.05, 3.63) is 53.9 Å². The number of nitrogens with one attached hydrogen (secondary N) is 2. The Balaban J connectivity index is 1.32. The van der Waals surface area contributed by atoms with Gasteiger partial charge in [0.15, 0.2) is 0 Å². The number of aromatic nitrogens is 1. The van der Waals surface area contributed by atoms with E-state index in [1.807, 2.05) is 12.1 Å². The van der Waals surface area contributed by atoms with Crippen LogP contribution in [0.5, 0.6) is 5.75 Å². The number of anilines is 1. The van der Waals surface area contributed by atoms with Crippen molar-refractivity contribution in [1.29, 1.82) is 0 Å². The SMILES string of the molecule is CC(C)(C)OC(=O)N1CC[C@H](Oc2ccc(C(F)(F)F)cc2NC(=O)NC2CCC(OCc3ccncc3)CC2)C1. The van der Waals surface area contributed by atoms with E-state index in [0.29, 0.717) is 32.4 Å². The van der Waals surface area contributed by atoms with E-state index in [9.17, 15) is 22.8 Å². The highest BCUT2D eigenvalue weighted by Gasteiger charge is 2.34. The van der Waals surface area contributed by atoms with Crippen molar-refractivity contribution in [2.45, 2.75) is 89.5 Å². The Morgan fingerprint density at radius 3 is 2.37 bits per heavy atom. The van der Waals surface area contributed by atoms with Gasteiger partial charge >= 0.3 is 18.3 Å². The zero-order valence-electron chi connectivity index (χ0n) is 23.5. The Hall–Kier alpha value is -3.54. The van der Waals surface area contributed by atoms with Gasteiger partial charge < -0.3 is 29.7 Å². The first kappa shape index (κ1) is 30.4. The standard InChI is InChI=1S/C29H37F3N4O5/c1-28(2,3)41-27(38)36-15-12-23(17-36)40-25-9-4-20(29(30,31)32)16-24(25)35-26(37)34-21-5-7-22(8-6-21)39-18-19-10-13-33-14-11-19/h4,9-11,13-14,16,21-23H,5-8,12,15,17-18H2,1-3H3,(H2,34,35,37)/t21?,22?,23-/m0/s1. The number of amides is 3. The molecule has 1 atom stereocenters. The summed E-state index contributed by atoms with van der Waals surface area (Å²) in [4.78, 5) is 30.7. The second-order valence-corrected chi connectivity index (χ2v) is 11.4. The summed E-state index contributed by atoms with van der Waals surface area (Å²) in [7, 11) is 0. The summed E-state index contributed by atoms with van der Waals surface area (Å²) in [5, 5.41) is 5.41. The maximum atomic E-state index is 13.5. The van der Waals surface area contributed by atoms with Crippen molar-refractivity contribution in [3.63, 3.8) is 0 Å². The summed E-state index contributed by atoms with van der Waals surface area (Å²) >= 11 is 0. The quantitative estimate of drug-likeness (QED) is 0.409. The minimum absolute atomic E-state index is 0.0689. The predicted octanol–water partition coefficient (Wildman–Crippen LogP) is 6.14. The molecular formula is C29H37F3N4O5. The largest absolute Gasteiger partial charge is 0.486 e. The monoisotopic (exact) mass is 578 g/mol. The number of hydrogen-bond donors (Lipinski definition) is 2. The van der Waals surface area contributed by atoms with Crippen LogP contribution in [0.3, 0.4) is 0 Å². The molecule has 3 amide bonds. The van der Waals surface area contributed by atoms with Crippen molar-refractivity contribution in [2.24, 2.45) is 0 Å². The molecule has 9 nitrogen and oxygen atoms in total. The molecular weight excluding hydrogens is 541 g/mol. The lowest BCUT2D eigenvalue weighted by molar-refractivity contribution is -0.137. The first-order valence-corrected chi connectivity index (χ1v) is 13.8. The molecule has 2 heterocycles. The second-order valence-electron chi connectivity index (χ2n) is 11.4. The van der Waals surface area contributed by atoms with Gasteiger partial charge in [-0.25, -0.2) is 9.59 Å². The van der Waals surface area contributed by atoms with E-state index in [4.69, 9.17) is 14.2 Å². The van der Waals surface area contributed by atoms with Crippen LogP contribution in [0.15, 0.2) is 42.7 Å². The third-order valence-electron chi connectivity index (χ3n) is 6.89. The molecule has 1 aromatic heterocycles. The van der Waals surface area contributed by atoms with E-state index in [1.165, 1.54) is 11.0 Å². The molecule has 1 aliphatic heterocycles. The number of benzene rings is 1. The predicted molar refractivity (Wildman–Crippen MR) is 146 cm³/mol. The third-order valence-corrected chi connectivity index (χ3v) is 6.89. The van der Waals surface area contributed by atoms with Gasteiger partial charge in [-0.2, -0.15) is 13.2 Å². The van der Waals surface area contributed by atoms with Crippen LogP contribution in [0.2, 0.25) is 0 Å². The van der Waals surface area contributed by atoms with Crippen molar-refractivity contribution in [3.8, 4) is 5.75 Å². The summed E-state index contributed by atoms with van der Waals surface area (Å²) in [5.41, 5.74) is -0.620. The molecule has 0 radical (unpaired) electrons. The Bertz CT molecular complexity index is 1180. The average Bonchev–Trinajstić information content (AvgIpc) is 3.37. The van der Waals surface area contributed by atoms with Gasteiger partial charge in [-0.1, -0.05) is 0 Å². The first-order chi connectivity index (χ1) is 19.4. The fourth-order valence-electron chi connectivity index (χ4n) is 4.81. The van der Waals surface area contributed by atoms with E-state index < -0.39 is 35.6 Å². The van der Waals surface area contributed by atoms with Crippen molar-refractivity contribution >= 4 is 17.8 Å². The highest BCUT2D eigenvalue weighted by molar-refractivity contribution is 5.91. The van der Waals surface area contributed by atoms with Crippen LogP contribution >= 0.6 is 0 Å². The molecule has 2 aromatic rings. The minimum Gasteiger partial charge on any atom is -0.486 e. The normalized spacial score (nSPS) is 21.3. The van der Waals surface area contributed by atoms with Crippen LogP contribution in [-0.2, 0) is 22.3 Å². The molecule has 1 aliphatic carbocycles. The average molecular weight is 579 g/mol. The smallest absolute Gasteiger partial charge is 0.416 e. The maximum Gasteiger partial charge on any atom is 0.416 e. The number of nitrogens with zero attached hydrogens (tertiary/aromatic N) is 2. The summed E-state index contributed by atoms with van der Waals surface area (Å²) in [6, 6.07) is 6.01. The lowest BCUT2D eigenvalue weighted by atomic mass is 9.93. The first-order valence-electron chi connectivity index (χ1n) is 13.8. The van der Waals surface area contributed by atoms with Gasteiger partial charge in [0.05, 0.1) is 30.5 Å². The van der Waals surface area contributed by atoms with Crippen molar-refractivity contribution < 1.29 is 37.0 Å². The zero-order valence-corrected chi connectivity index (χ0v) is 23.5. The number of urea groups is 1. The van der Waals surface area contributed by atoms with Crippen LogP contribution in [0.25, 0.3) is 0 Å². The number of ether oxygens (including phenoxy) is 3. The van der Waals surface area contributed by atoms with E-state index >= 15 is 0 Å². The molecule has 0 bridgehead atoms. The number of carbonyl (C=O) groups is 2. The third kappa shape index (κ3) is 9.24. The fraction of sp³-hybridized carbons (Fsp3) is 0.552. The lowest BCUT2D eigenvalue weighted by Crippen LogP contribution is -2.41. The Morgan fingerprint density at radius 2 is 1.71 bits per heavy atom. The topological polar surface area (TPSA) is 102 Å². The van der Waals surface area contributed by atoms with Crippen molar-refractivity contribution in [2.75, 3.05) is 18.4 Å². The molecule has 224 valence electrons. The van der Waals surface area contributed by atoms with Gasteiger partial charge in [-0.05, 0) is 82.3 Å². The van der Waals surface area contributed by atoms with E-state index in [-0.39, 0.29) is 30.1 Å². The molecule has 0 unspecified atom stereocenters.